The summed E-state index contributed by atoms with van der Waals surface area (Å²) in [5, 5.41) is 0. The minimum absolute atomic E-state index is 0.491. The zero-order valence-electron chi connectivity index (χ0n) is 10.1. The average Bonchev–Trinajstić information content (AvgIpc) is 2.81. The standard InChI is InChI=1S/C11H21BrN2O2S/c12-11-5-3-4-10(8-11)9-13-17(15,16)14-6-1-2-7-14/h10-11,13H,1-9H2. The molecule has 1 saturated carbocycles. The van der Waals surface area contributed by atoms with Crippen molar-refractivity contribution < 1.29 is 8.42 Å². The van der Waals surface area contributed by atoms with Gasteiger partial charge in [0.2, 0.25) is 0 Å². The number of nitrogens with one attached hydrogen (secondary N) is 1. The van der Waals surface area contributed by atoms with Gasteiger partial charge in [-0.15, -0.1) is 0 Å². The van der Waals surface area contributed by atoms with Crippen LogP contribution in [0.4, 0.5) is 0 Å². The largest absolute Gasteiger partial charge is 0.279 e. The van der Waals surface area contributed by atoms with Gasteiger partial charge in [-0.25, -0.2) is 4.72 Å². The Morgan fingerprint density at radius 3 is 2.53 bits per heavy atom. The number of nitrogens with zero attached hydrogens (tertiary/aromatic N) is 1. The van der Waals surface area contributed by atoms with Crippen LogP contribution in [0.2, 0.25) is 0 Å². The third kappa shape index (κ3) is 3.91. The van der Waals surface area contributed by atoms with E-state index in [1.165, 1.54) is 12.8 Å². The van der Waals surface area contributed by atoms with Gasteiger partial charge in [0.1, 0.15) is 0 Å². The summed E-state index contributed by atoms with van der Waals surface area (Å²) in [5.74, 6) is 0.491. The molecule has 100 valence electrons. The van der Waals surface area contributed by atoms with E-state index in [4.69, 9.17) is 0 Å². The minimum Gasteiger partial charge on any atom is -0.202 e. The lowest BCUT2D eigenvalue weighted by atomic mass is 9.89. The fraction of sp³-hybridized carbons (Fsp3) is 1.00. The fourth-order valence-electron chi connectivity index (χ4n) is 2.65. The highest BCUT2D eigenvalue weighted by atomic mass is 79.9. The predicted octanol–water partition coefficient (Wildman–Crippen LogP) is 1.87. The second-order valence-electron chi connectivity index (χ2n) is 5.09. The van der Waals surface area contributed by atoms with E-state index in [0.717, 1.165) is 25.7 Å². The van der Waals surface area contributed by atoms with Gasteiger partial charge in [-0.1, -0.05) is 22.4 Å². The molecule has 0 bridgehead atoms. The second kappa shape index (κ2) is 5.99. The molecule has 0 aromatic carbocycles. The monoisotopic (exact) mass is 324 g/mol. The molecule has 1 aliphatic heterocycles. The Balaban J connectivity index is 1.80. The molecule has 2 fully saturated rings. The molecule has 0 aromatic heterocycles. The van der Waals surface area contributed by atoms with Crippen LogP contribution >= 0.6 is 15.9 Å². The Morgan fingerprint density at radius 2 is 1.88 bits per heavy atom. The SMILES string of the molecule is O=S(=O)(NCC1CCCC(Br)C1)N1CCCC1. The quantitative estimate of drug-likeness (QED) is 0.802. The van der Waals surface area contributed by atoms with Gasteiger partial charge < -0.3 is 0 Å². The summed E-state index contributed by atoms with van der Waals surface area (Å²) in [7, 11) is -3.21. The van der Waals surface area contributed by atoms with E-state index in [1.54, 1.807) is 4.31 Å². The molecule has 1 heterocycles. The molecule has 2 aliphatic rings. The summed E-state index contributed by atoms with van der Waals surface area (Å²) in [6, 6.07) is 0. The van der Waals surface area contributed by atoms with Crippen molar-refractivity contribution in [2.24, 2.45) is 5.92 Å². The van der Waals surface area contributed by atoms with E-state index in [9.17, 15) is 8.42 Å². The van der Waals surface area contributed by atoms with Crippen molar-refractivity contribution in [1.29, 1.82) is 0 Å². The van der Waals surface area contributed by atoms with E-state index in [2.05, 4.69) is 20.7 Å². The van der Waals surface area contributed by atoms with Gasteiger partial charge in [-0.05, 0) is 38.0 Å². The summed E-state index contributed by atoms with van der Waals surface area (Å²) < 4.78 is 28.3. The van der Waals surface area contributed by atoms with Crippen molar-refractivity contribution >= 4 is 26.1 Å². The number of hydrogen-bond donors (Lipinski definition) is 1. The first kappa shape index (κ1) is 13.8. The molecule has 2 atom stereocenters. The third-order valence-corrected chi connectivity index (χ3v) is 6.09. The third-order valence-electron chi connectivity index (χ3n) is 3.68. The van der Waals surface area contributed by atoms with Gasteiger partial charge in [0.15, 0.2) is 0 Å². The van der Waals surface area contributed by atoms with Crippen LogP contribution in [0.3, 0.4) is 0 Å². The molecule has 1 saturated heterocycles. The molecule has 0 amide bonds. The van der Waals surface area contributed by atoms with Crippen molar-refractivity contribution in [2.45, 2.75) is 43.4 Å². The molecule has 4 nitrogen and oxygen atoms in total. The Kier molecular flexibility index (Phi) is 4.86. The summed E-state index contributed by atoms with van der Waals surface area (Å²) in [5.41, 5.74) is 0. The van der Waals surface area contributed by atoms with Crippen LogP contribution in [-0.4, -0.2) is 37.2 Å². The Hall–Kier alpha value is 0.350. The highest BCUT2D eigenvalue weighted by Gasteiger charge is 2.27. The van der Waals surface area contributed by atoms with Gasteiger partial charge in [-0.3, -0.25) is 0 Å². The van der Waals surface area contributed by atoms with E-state index in [-0.39, 0.29) is 0 Å². The molecule has 0 aromatic rings. The van der Waals surface area contributed by atoms with Crippen LogP contribution in [0.1, 0.15) is 38.5 Å². The summed E-state index contributed by atoms with van der Waals surface area (Å²) in [6.45, 7) is 1.96. The second-order valence-corrected chi connectivity index (χ2v) is 8.14. The maximum Gasteiger partial charge on any atom is 0.279 e. The van der Waals surface area contributed by atoms with Crippen LogP contribution in [0, 0.1) is 5.92 Å². The average molecular weight is 325 g/mol. The Bertz CT molecular complexity index is 341. The lowest BCUT2D eigenvalue weighted by Crippen LogP contribution is -2.41. The summed E-state index contributed by atoms with van der Waals surface area (Å²) in [6.07, 6.45) is 6.64. The van der Waals surface area contributed by atoms with Gasteiger partial charge >= 0.3 is 0 Å². The lowest BCUT2D eigenvalue weighted by molar-refractivity contribution is 0.362. The predicted molar refractivity (Wildman–Crippen MR) is 72.4 cm³/mol. The molecule has 0 radical (unpaired) electrons. The van der Waals surface area contributed by atoms with E-state index >= 15 is 0 Å². The van der Waals surface area contributed by atoms with Crippen molar-refractivity contribution in [3.05, 3.63) is 0 Å². The van der Waals surface area contributed by atoms with E-state index in [0.29, 0.717) is 30.4 Å². The zero-order valence-corrected chi connectivity index (χ0v) is 12.5. The summed E-state index contributed by atoms with van der Waals surface area (Å²) in [4.78, 5) is 0.567. The minimum atomic E-state index is -3.21. The molecule has 17 heavy (non-hydrogen) atoms. The summed E-state index contributed by atoms with van der Waals surface area (Å²) >= 11 is 3.63. The van der Waals surface area contributed by atoms with Crippen LogP contribution in [0.5, 0.6) is 0 Å². The van der Waals surface area contributed by atoms with Gasteiger partial charge in [-0.2, -0.15) is 12.7 Å². The molecular weight excluding hydrogens is 304 g/mol. The number of halogens is 1. The number of hydrogen-bond acceptors (Lipinski definition) is 2. The van der Waals surface area contributed by atoms with Crippen LogP contribution in [0.15, 0.2) is 0 Å². The van der Waals surface area contributed by atoms with E-state index in [1.807, 2.05) is 0 Å². The normalized spacial score (nSPS) is 31.8. The van der Waals surface area contributed by atoms with Crippen LogP contribution in [-0.2, 0) is 10.2 Å². The fourth-order valence-corrected chi connectivity index (χ4v) is 4.87. The van der Waals surface area contributed by atoms with Crippen molar-refractivity contribution in [3.63, 3.8) is 0 Å². The van der Waals surface area contributed by atoms with E-state index < -0.39 is 10.2 Å². The van der Waals surface area contributed by atoms with Crippen LogP contribution < -0.4 is 4.72 Å². The van der Waals surface area contributed by atoms with Crippen molar-refractivity contribution in [1.82, 2.24) is 9.03 Å². The van der Waals surface area contributed by atoms with Crippen molar-refractivity contribution in [2.75, 3.05) is 19.6 Å². The first-order valence-electron chi connectivity index (χ1n) is 6.47. The van der Waals surface area contributed by atoms with Crippen LogP contribution in [0.25, 0.3) is 0 Å². The number of alkyl halides is 1. The van der Waals surface area contributed by atoms with Gasteiger partial charge in [0.05, 0.1) is 0 Å². The first-order valence-corrected chi connectivity index (χ1v) is 8.82. The molecule has 6 heteroatoms. The first-order chi connectivity index (χ1) is 8.08. The Morgan fingerprint density at radius 1 is 1.18 bits per heavy atom. The maximum atomic E-state index is 12.0. The highest BCUT2D eigenvalue weighted by Crippen LogP contribution is 2.28. The maximum absolute atomic E-state index is 12.0. The zero-order chi connectivity index (χ0) is 12.3. The smallest absolute Gasteiger partial charge is 0.202 e. The Labute approximate surface area is 112 Å². The molecule has 1 N–H and O–H groups in total. The van der Waals surface area contributed by atoms with Crippen molar-refractivity contribution in [3.8, 4) is 0 Å². The molecule has 1 aliphatic carbocycles. The molecule has 0 spiro atoms. The lowest BCUT2D eigenvalue weighted by Gasteiger charge is -2.26. The number of rotatable bonds is 4. The molecule has 2 unspecified atom stereocenters. The molecular formula is C11H21BrN2O2S. The highest BCUT2D eigenvalue weighted by molar-refractivity contribution is 9.09. The van der Waals surface area contributed by atoms with Gasteiger partial charge in [0.25, 0.3) is 10.2 Å². The topological polar surface area (TPSA) is 49.4 Å². The molecule has 2 rings (SSSR count). The van der Waals surface area contributed by atoms with Gasteiger partial charge in [0, 0.05) is 24.5 Å².